The first-order valence-electron chi connectivity index (χ1n) is 11.3. The maximum absolute atomic E-state index is 13.1. The monoisotopic (exact) mass is 460 g/mol. The molecule has 0 aromatic rings. The van der Waals surface area contributed by atoms with E-state index in [9.17, 15) is 13.2 Å². The number of hydrogen-bond acceptors (Lipinski definition) is 4. The highest BCUT2D eigenvalue weighted by Gasteiger charge is 2.25. The molecule has 2 aliphatic rings. The lowest BCUT2D eigenvalue weighted by Crippen LogP contribution is -2.44. The maximum atomic E-state index is 13.1. The van der Waals surface area contributed by atoms with Crippen molar-refractivity contribution in [2.75, 3.05) is 27.2 Å². The Kier molecular flexibility index (Phi) is 10.0. The Morgan fingerprint density at radius 2 is 1.88 bits per heavy atom. The number of urea groups is 1. The number of nitrogens with zero attached hydrogens (tertiary/aromatic N) is 1. The SMILES string of the molecule is CCCC(CCC)NC(=O)NCCNS(=O)(=O)C1=C2CC=CC=C(N(C)C)C2=C=CC=C1. The van der Waals surface area contributed by atoms with Gasteiger partial charge in [0.15, 0.2) is 0 Å². The first kappa shape index (κ1) is 25.7. The van der Waals surface area contributed by atoms with Crippen molar-refractivity contribution in [2.45, 2.75) is 52.0 Å². The number of allylic oxidation sites excluding steroid dienone is 6. The average molecular weight is 461 g/mol. The molecule has 3 N–H and O–H groups in total. The highest BCUT2D eigenvalue weighted by atomic mass is 32.2. The van der Waals surface area contributed by atoms with E-state index in [-0.39, 0.29) is 30.1 Å². The zero-order valence-electron chi connectivity index (χ0n) is 19.6. The fraction of sp³-hybridized carbons (Fsp3) is 0.500. The molecule has 7 nitrogen and oxygen atoms in total. The third-order valence-electron chi connectivity index (χ3n) is 5.22. The summed E-state index contributed by atoms with van der Waals surface area (Å²) in [5.41, 5.74) is 5.58. The zero-order valence-corrected chi connectivity index (χ0v) is 20.4. The Bertz CT molecular complexity index is 959. The second-order valence-corrected chi connectivity index (χ2v) is 9.77. The number of carbonyl (C=O) groups excluding carboxylic acids is 1. The molecule has 2 aliphatic carbocycles. The van der Waals surface area contributed by atoms with Gasteiger partial charge in [0.1, 0.15) is 0 Å². The number of fused-ring (bicyclic) bond motifs is 1. The van der Waals surface area contributed by atoms with Gasteiger partial charge in [0.05, 0.1) is 10.6 Å². The summed E-state index contributed by atoms with van der Waals surface area (Å²) in [5, 5.41) is 5.71. The van der Waals surface area contributed by atoms with E-state index >= 15 is 0 Å². The highest BCUT2D eigenvalue weighted by Crippen LogP contribution is 2.32. The van der Waals surface area contributed by atoms with Crippen LogP contribution in [0.5, 0.6) is 0 Å². The van der Waals surface area contributed by atoms with Crippen molar-refractivity contribution in [2.24, 2.45) is 0 Å². The van der Waals surface area contributed by atoms with Gasteiger partial charge in [0, 0.05) is 38.8 Å². The first-order valence-corrected chi connectivity index (χ1v) is 12.7. The zero-order chi connectivity index (χ0) is 23.6. The number of likely N-dealkylation sites (N-methyl/N-ethyl adjacent to an activating group) is 1. The molecule has 0 atom stereocenters. The van der Waals surface area contributed by atoms with Crippen molar-refractivity contribution in [1.29, 1.82) is 0 Å². The van der Waals surface area contributed by atoms with E-state index in [1.807, 2.05) is 37.2 Å². The van der Waals surface area contributed by atoms with Crippen LogP contribution in [0, 0.1) is 0 Å². The van der Waals surface area contributed by atoms with Gasteiger partial charge in [0.25, 0.3) is 0 Å². The fourth-order valence-corrected chi connectivity index (χ4v) is 5.02. The number of amides is 2. The molecule has 0 aromatic carbocycles. The van der Waals surface area contributed by atoms with Gasteiger partial charge in [-0.1, -0.05) is 44.9 Å². The minimum atomic E-state index is -3.77. The Labute approximate surface area is 192 Å². The highest BCUT2D eigenvalue weighted by molar-refractivity contribution is 7.93. The third-order valence-corrected chi connectivity index (χ3v) is 6.77. The number of rotatable bonds is 11. The smallest absolute Gasteiger partial charge is 0.315 e. The first-order chi connectivity index (χ1) is 15.3. The number of sulfonamides is 1. The largest absolute Gasteiger partial charge is 0.377 e. The van der Waals surface area contributed by atoms with Gasteiger partial charge in [-0.15, -0.1) is 5.73 Å². The second-order valence-electron chi connectivity index (χ2n) is 8.04. The summed E-state index contributed by atoms with van der Waals surface area (Å²) in [6.07, 6.45) is 15.2. The Morgan fingerprint density at radius 3 is 2.53 bits per heavy atom. The van der Waals surface area contributed by atoms with Gasteiger partial charge in [-0.25, -0.2) is 17.9 Å². The Morgan fingerprint density at radius 1 is 1.16 bits per heavy atom. The average Bonchev–Trinajstić information content (AvgIpc) is 3.06. The van der Waals surface area contributed by atoms with Crippen LogP contribution in [0.25, 0.3) is 0 Å². The molecule has 32 heavy (non-hydrogen) atoms. The van der Waals surface area contributed by atoms with Crippen LogP contribution in [0.15, 0.2) is 63.9 Å². The van der Waals surface area contributed by atoms with Crippen LogP contribution in [0.4, 0.5) is 4.79 Å². The van der Waals surface area contributed by atoms with E-state index in [0.717, 1.165) is 37.0 Å². The standard InChI is InChI=1S/C24H36N4O3S/c1-5-11-19(12-6-2)27-24(29)25-17-18-26-32(30,31)23-16-10-8-13-20-21(23)14-7-9-15-22(20)28(3)4/h7-10,15-16,19,26H,5-6,11-12,14,17-18H2,1-4H3,(H2,25,27,29). The van der Waals surface area contributed by atoms with E-state index in [1.54, 1.807) is 18.2 Å². The molecule has 0 heterocycles. The van der Waals surface area contributed by atoms with Crippen molar-refractivity contribution in [3.8, 4) is 0 Å². The second kappa shape index (κ2) is 12.5. The van der Waals surface area contributed by atoms with E-state index in [2.05, 4.69) is 34.9 Å². The van der Waals surface area contributed by atoms with Gasteiger partial charge < -0.3 is 15.5 Å². The minimum Gasteiger partial charge on any atom is -0.377 e. The van der Waals surface area contributed by atoms with Crippen molar-refractivity contribution in [3.63, 3.8) is 0 Å². The molecule has 0 saturated carbocycles. The predicted molar refractivity (Wildman–Crippen MR) is 130 cm³/mol. The van der Waals surface area contributed by atoms with Gasteiger partial charge in [-0.2, -0.15) is 0 Å². The lowest BCUT2D eigenvalue weighted by Gasteiger charge is -2.21. The quantitative estimate of drug-likeness (QED) is 0.325. The van der Waals surface area contributed by atoms with Gasteiger partial charge in [-0.05, 0) is 43.1 Å². The summed E-state index contributed by atoms with van der Waals surface area (Å²) in [4.78, 5) is 14.3. The molecule has 176 valence electrons. The minimum absolute atomic E-state index is 0.102. The molecule has 0 radical (unpaired) electrons. The van der Waals surface area contributed by atoms with E-state index in [4.69, 9.17) is 0 Å². The van der Waals surface area contributed by atoms with Gasteiger partial charge in [-0.3, -0.25) is 0 Å². The van der Waals surface area contributed by atoms with E-state index in [0.29, 0.717) is 12.0 Å². The van der Waals surface area contributed by atoms with Crippen molar-refractivity contribution in [3.05, 3.63) is 63.9 Å². The summed E-state index contributed by atoms with van der Waals surface area (Å²) in [5.74, 6) is 0. The Balaban J connectivity index is 2.05. The molecule has 0 aromatic heterocycles. The number of nitrogens with one attached hydrogen (secondary N) is 3. The molecule has 2 rings (SSSR count). The van der Waals surface area contributed by atoms with E-state index < -0.39 is 10.0 Å². The molecule has 2 amide bonds. The van der Waals surface area contributed by atoms with Crippen LogP contribution in [0.3, 0.4) is 0 Å². The molecule has 0 aliphatic heterocycles. The summed E-state index contributed by atoms with van der Waals surface area (Å²) < 4.78 is 28.8. The van der Waals surface area contributed by atoms with Crippen LogP contribution < -0.4 is 15.4 Å². The lowest BCUT2D eigenvalue weighted by atomic mass is 10.0. The summed E-state index contributed by atoms with van der Waals surface area (Å²) in [6, 6.07) is -0.124. The third kappa shape index (κ3) is 7.26. The molecule has 0 unspecified atom stereocenters. The van der Waals surface area contributed by atoms with Crippen LogP contribution in [-0.4, -0.2) is 52.6 Å². The summed E-state index contributed by atoms with van der Waals surface area (Å²) in [7, 11) is 0.0720. The Hall–Kier alpha value is -2.54. The van der Waals surface area contributed by atoms with Gasteiger partial charge >= 0.3 is 6.03 Å². The van der Waals surface area contributed by atoms with E-state index in [1.165, 1.54) is 0 Å². The molecular weight excluding hydrogens is 424 g/mol. The van der Waals surface area contributed by atoms with Crippen molar-refractivity contribution in [1.82, 2.24) is 20.3 Å². The number of carbonyl (C=O) groups is 1. The summed E-state index contributed by atoms with van der Waals surface area (Å²) >= 11 is 0. The number of hydrogen-bond donors (Lipinski definition) is 3. The molecule has 8 heteroatoms. The van der Waals surface area contributed by atoms with Gasteiger partial charge in [0.2, 0.25) is 10.0 Å². The van der Waals surface area contributed by atoms with Crippen LogP contribution in [0.1, 0.15) is 46.0 Å². The molecular formula is C24H36N4O3S. The summed E-state index contributed by atoms with van der Waals surface area (Å²) in [6.45, 7) is 4.48. The normalized spacial score (nSPS) is 15.7. The molecule has 0 fully saturated rings. The topological polar surface area (TPSA) is 90.5 Å². The van der Waals surface area contributed by atoms with Crippen LogP contribution in [0.2, 0.25) is 0 Å². The van der Waals surface area contributed by atoms with Crippen molar-refractivity contribution >= 4 is 16.1 Å². The fourth-order valence-electron chi connectivity index (χ4n) is 3.72. The molecule has 0 bridgehead atoms. The van der Waals surface area contributed by atoms with Crippen LogP contribution >= 0.6 is 0 Å². The maximum Gasteiger partial charge on any atom is 0.315 e. The van der Waals surface area contributed by atoms with Crippen LogP contribution in [-0.2, 0) is 10.0 Å². The van der Waals surface area contributed by atoms with Crippen molar-refractivity contribution < 1.29 is 13.2 Å². The molecule has 0 saturated heterocycles. The predicted octanol–water partition coefficient (Wildman–Crippen LogP) is 3.48. The lowest BCUT2D eigenvalue weighted by molar-refractivity contribution is 0.235. The molecule has 0 spiro atoms.